The van der Waals surface area contributed by atoms with E-state index < -0.39 is 0 Å². The summed E-state index contributed by atoms with van der Waals surface area (Å²) in [6.07, 6.45) is 2.97. The molecule has 4 rings (SSSR count). The lowest BCUT2D eigenvalue weighted by Crippen LogP contribution is -1.97. The van der Waals surface area contributed by atoms with Crippen LogP contribution < -0.4 is 0 Å². The number of fused-ring (bicyclic) bond motifs is 3. The topological polar surface area (TPSA) is 17.1 Å². The van der Waals surface area contributed by atoms with Gasteiger partial charge in [-0.05, 0) is 46.7 Å². The molecule has 1 aliphatic carbocycles. The Morgan fingerprint density at radius 3 is 2.23 bits per heavy atom. The number of carbonyl (C=O) groups excluding carboxylic acids is 1. The summed E-state index contributed by atoms with van der Waals surface area (Å²) < 4.78 is 0. The quantitative estimate of drug-likeness (QED) is 0.314. The summed E-state index contributed by atoms with van der Waals surface area (Å²) in [5, 5.41) is 0. The Morgan fingerprint density at radius 2 is 1.54 bits per heavy atom. The zero-order chi connectivity index (χ0) is 18.5. The van der Waals surface area contributed by atoms with Crippen LogP contribution in [0.25, 0.3) is 17.2 Å². The Bertz CT molecular complexity index is 964. The Kier molecular flexibility index (Phi) is 5.28. The van der Waals surface area contributed by atoms with E-state index in [-0.39, 0.29) is 5.78 Å². The zero-order valence-electron chi connectivity index (χ0n) is 15.0. The van der Waals surface area contributed by atoms with Gasteiger partial charge in [0, 0.05) is 5.56 Å². The lowest BCUT2D eigenvalue weighted by Gasteiger charge is -2.01. The SMILES string of the molecule is C=C(C)C(=O)c1ccccc1.C=Cc1ccc2c(c1)Cc1ccccc1-2. The van der Waals surface area contributed by atoms with Crippen molar-refractivity contribution >= 4 is 11.9 Å². The van der Waals surface area contributed by atoms with E-state index in [1.165, 1.54) is 27.8 Å². The van der Waals surface area contributed by atoms with Crippen LogP contribution >= 0.6 is 0 Å². The molecule has 0 saturated carbocycles. The van der Waals surface area contributed by atoms with Gasteiger partial charge < -0.3 is 0 Å². The number of hydrogen-bond acceptors (Lipinski definition) is 1. The van der Waals surface area contributed by atoms with Crippen molar-refractivity contribution in [2.24, 2.45) is 0 Å². The molecule has 0 aromatic heterocycles. The highest BCUT2D eigenvalue weighted by Crippen LogP contribution is 2.36. The highest BCUT2D eigenvalue weighted by Gasteiger charge is 2.16. The van der Waals surface area contributed by atoms with Crippen LogP contribution in [0.5, 0.6) is 0 Å². The maximum Gasteiger partial charge on any atom is 0.188 e. The summed E-state index contributed by atoms with van der Waals surface area (Å²) in [6.45, 7) is 9.11. The average molecular weight is 338 g/mol. The molecule has 0 saturated heterocycles. The van der Waals surface area contributed by atoms with Gasteiger partial charge in [0.05, 0.1) is 0 Å². The van der Waals surface area contributed by atoms with Gasteiger partial charge in [0.1, 0.15) is 0 Å². The van der Waals surface area contributed by atoms with Gasteiger partial charge in [-0.1, -0.05) is 92.0 Å². The van der Waals surface area contributed by atoms with E-state index in [4.69, 9.17) is 0 Å². The van der Waals surface area contributed by atoms with Gasteiger partial charge in [-0.15, -0.1) is 0 Å². The molecule has 1 heteroatoms. The third-order valence-corrected chi connectivity index (χ3v) is 4.48. The number of hydrogen-bond donors (Lipinski definition) is 0. The van der Waals surface area contributed by atoms with Crippen molar-refractivity contribution in [2.45, 2.75) is 13.3 Å². The summed E-state index contributed by atoms with van der Waals surface area (Å²) in [6, 6.07) is 24.4. The highest BCUT2D eigenvalue weighted by atomic mass is 16.1. The molecule has 1 nitrogen and oxygen atoms in total. The maximum absolute atomic E-state index is 11.2. The van der Waals surface area contributed by atoms with Gasteiger partial charge in [-0.3, -0.25) is 4.79 Å². The van der Waals surface area contributed by atoms with E-state index in [2.05, 4.69) is 55.6 Å². The Morgan fingerprint density at radius 1 is 0.885 bits per heavy atom. The molecule has 0 fully saturated rings. The van der Waals surface area contributed by atoms with Crippen LogP contribution in [0.1, 0.15) is 34.0 Å². The van der Waals surface area contributed by atoms with E-state index in [0.717, 1.165) is 6.42 Å². The molecular weight excluding hydrogens is 316 g/mol. The van der Waals surface area contributed by atoms with Gasteiger partial charge >= 0.3 is 0 Å². The molecule has 0 bridgehead atoms. The molecule has 0 amide bonds. The molecule has 1 aliphatic rings. The lowest BCUT2D eigenvalue weighted by molar-refractivity contribution is 0.103. The summed E-state index contributed by atoms with van der Waals surface area (Å²) in [5.74, 6) is 0.0191. The van der Waals surface area contributed by atoms with Crippen molar-refractivity contribution in [1.82, 2.24) is 0 Å². The standard InChI is InChI=1S/C15H12.C10H10O/c1-2-11-7-8-15-13(9-11)10-12-5-3-4-6-14(12)15;1-8(2)10(11)9-6-4-3-5-7-9/h2-9H,1,10H2;3-7H,1H2,2H3. The Labute approximate surface area is 155 Å². The smallest absolute Gasteiger partial charge is 0.188 e. The third kappa shape index (κ3) is 3.73. The van der Waals surface area contributed by atoms with E-state index in [1.54, 1.807) is 19.1 Å². The highest BCUT2D eigenvalue weighted by molar-refractivity contribution is 6.07. The minimum Gasteiger partial charge on any atom is -0.289 e. The molecule has 128 valence electrons. The van der Waals surface area contributed by atoms with Crippen molar-refractivity contribution in [3.8, 4) is 11.1 Å². The van der Waals surface area contributed by atoms with Crippen molar-refractivity contribution < 1.29 is 4.79 Å². The van der Waals surface area contributed by atoms with Gasteiger partial charge in [-0.25, -0.2) is 0 Å². The zero-order valence-corrected chi connectivity index (χ0v) is 15.0. The van der Waals surface area contributed by atoms with Crippen LogP contribution in [0.3, 0.4) is 0 Å². The van der Waals surface area contributed by atoms with Gasteiger partial charge in [0.2, 0.25) is 0 Å². The minimum atomic E-state index is 0.0191. The van der Waals surface area contributed by atoms with E-state index in [0.29, 0.717) is 11.1 Å². The van der Waals surface area contributed by atoms with Crippen LogP contribution in [0.4, 0.5) is 0 Å². The Hall–Kier alpha value is -3.19. The summed E-state index contributed by atoms with van der Waals surface area (Å²) in [5.41, 5.74) is 8.14. The molecule has 0 aliphatic heterocycles. The lowest BCUT2D eigenvalue weighted by atomic mass is 10.0. The number of allylic oxidation sites excluding steroid dienone is 1. The second-order valence-corrected chi connectivity index (χ2v) is 6.43. The molecule has 0 N–H and O–H groups in total. The monoisotopic (exact) mass is 338 g/mol. The van der Waals surface area contributed by atoms with Crippen LogP contribution in [0.15, 0.2) is 91.5 Å². The van der Waals surface area contributed by atoms with Crippen molar-refractivity contribution in [3.63, 3.8) is 0 Å². The first-order valence-electron chi connectivity index (χ1n) is 8.69. The van der Waals surface area contributed by atoms with Crippen molar-refractivity contribution in [1.29, 1.82) is 0 Å². The number of benzene rings is 3. The molecule has 26 heavy (non-hydrogen) atoms. The maximum atomic E-state index is 11.2. The summed E-state index contributed by atoms with van der Waals surface area (Å²) in [7, 11) is 0. The fourth-order valence-corrected chi connectivity index (χ4v) is 3.13. The summed E-state index contributed by atoms with van der Waals surface area (Å²) >= 11 is 0. The second-order valence-electron chi connectivity index (χ2n) is 6.43. The molecular formula is C25H22O. The normalized spacial score (nSPS) is 10.8. The molecule has 0 atom stereocenters. The number of carbonyl (C=O) groups is 1. The number of rotatable bonds is 3. The average Bonchev–Trinajstić information content (AvgIpc) is 3.06. The van der Waals surface area contributed by atoms with Gasteiger partial charge in [0.25, 0.3) is 0 Å². The molecule has 0 radical (unpaired) electrons. The van der Waals surface area contributed by atoms with Crippen molar-refractivity contribution in [3.05, 3.63) is 114 Å². The molecule has 0 unspecified atom stereocenters. The van der Waals surface area contributed by atoms with E-state index in [1.807, 2.05) is 24.3 Å². The first-order chi connectivity index (χ1) is 12.6. The van der Waals surface area contributed by atoms with Gasteiger partial charge in [-0.2, -0.15) is 0 Å². The van der Waals surface area contributed by atoms with Crippen LogP contribution in [-0.4, -0.2) is 5.78 Å². The van der Waals surface area contributed by atoms with E-state index in [9.17, 15) is 4.79 Å². The molecule has 3 aromatic carbocycles. The molecule has 0 heterocycles. The summed E-state index contributed by atoms with van der Waals surface area (Å²) in [4.78, 5) is 11.2. The van der Waals surface area contributed by atoms with Crippen LogP contribution in [-0.2, 0) is 6.42 Å². The second kappa shape index (κ2) is 7.79. The van der Waals surface area contributed by atoms with E-state index >= 15 is 0 Å². The predicted molar refractivity (Wildman–Crippen MR) is 110 cm³/mol. The predicted octanol–water partition coefficient (Wildman–Crippen LogP) is 6.35. The molecule has 3 aromatic rings. The largest absolute Gasteiger partial charge is 0.289 e. The number of ketones is 1. The minimum absolute atomic E-state index is 0.0191. The molecule has 0 spiro atoms. The van der Waals surface area contributed by atoms with Crippen LogP contribution in [0.2, 0.25) is 0 Å². The Balaban J connectivity index is 0.000000160. The van der Waals surface area contributed by atoms with Crippen LogP contribution in [0, 0.1) is 0 Å². The first kappa shape index (κ1) is 17.6. The van der Waals surface area contributed by atoms with Crippen molar-refractivity contribution in [2.75, 3.05) is 0 Å². The third-order valence-electron chi connectivity index (χ3n) is 4.48. The van der Waals surface area contributed by atoms with Gasteiger partial charge in [0.15, 0.2) is 5.78 Å². The first-order valence-corrected chi connectivity index (χ1v) is 8.69. The fourth-order valence-electron chi connectivity index (χ4n) is 3.13. The fraction of sp³-hybridized carbons (Fsp3) is 0.0800. The number of Topliss-reactive ketones (excluding diaryl/α,β-unsaturated/α-hetero) is 1.